The van der Waals surface area contributed by atoms with Gasteiger partial charge in [-0.3, -0.25) is 4.68 Å². The highest BCUT2D eigenvalue weighted by molar-refractivity contribution is 6.31. The second kappa shape index (κ2) is 5.34. The molecule has 80 valence electrons. The van der Waals surface area contributed by atoms with Gasteiger partial charge in [0.2, 0.25) is 0 Å². The van der Waals surface area contributed by atoms with E-state index in [4.69, 9.17) is 17.3 Å². The van der Waals surface area contributed by atoms with Crippen molar-refractivity contribution in [3.05, 3.63) is 16.9 Å². The lowest BCUT2D eigenvalue weighted by atomic mass is 10.2. The fourth-order valence-electron chi connectivity index (χ4n) is 1.39. The second-order valence-electron chi connectivity index (χ2n) is 3.19. The van der Waals surface area contributed by atoms with Gasteiger partial charge >= 0.3 is 0 Å². The van der Waals surface area contributed by atoms with Crippen LogP contribution in [-0.2, 0) is 6.54 Å². The summed E-state index contributed by atoms with van der Waals surface area (Å²) in [5.41, 5.74) is 6.06. The zero-order chi connectivity index (χ0) is 10.6. The summed E-state index contributed by atoms with van der Waals surface area (Å²) in [6.45, 7) is 3.26. The van der Waals surface area contributed by atoms with Crippen molar-refractivity contribution in [1.29, 1.82) is 0 Å². The monoisotopic (exact) mass is 217 g/mol. The summed E-state index contributed by atoms with van der Waals surface area (Å²) < 4.78 is 1.74. The summed E-state index contributed by atoms with van der Waals surface area (Å²) in [6.07, 6.45) is 2.42. The Morgan fingerprint density at radius 1 is 1.71 bits per heavy atom. The van der Waals surface area contributed by atoms with Crippen LogP contribution in [0.2, 0.25) is 5.02 Å². The van der Waals surface area contributed by atoms with Gasteiger partial charge in [-0.05, 0) is 19.4 Å². The summed E-state index contributed by atoms with van der Waals surface area (Å²) in [6, 6.07) is 0. The third-order valence-electron chi connectivity index (χ3n) is 2.02. The highest BCUT2D eigenvalue weighted by Crippen LogP contribution is 2.24. The normalized spacial score (nSPS) is 13.1. The highest BCUT2D eigenvalue weighted by atomic mass is 35.5. The van der Waals surface area contributed by atoms with Gasteiger partial charge in [-0.1, -0.05) is 18.5 Å². The summed E-state index contributed by atoms with van der Waals surface area (Å²) in [7, 11) is 0. The van der Waals surface area contributed by atoms with Gasteiger partial charge in [-0.15, -0.1) is 0 Å². The number of hydrogen-bond donors (Lipinski definition) is 2. The molecule has 1 rings (SSSR count). The van der Waals surface area contributed by atoms with Crippen molar-refractivity contribution < 1.29 is 5.11 Å². The molecule has 0 amide bonds. The molecule has 0 aliphatic carbocycles. The zero-order valence-corrected chi connectivity index (χ0v) is 9.04. The molecule has 1 unspecified atom stereocenters. The molecule has 1 aromatic rings. The van der Waals surface area contributed by atoms with Crippen LogP contribution in [0.15, 0.2) is 6.20 Å². The number of hydrogen-bond acceptors (Lipinski definition) is 3. The van der Waals surface area contributed by atoms with E-state index in [0.29, 0.717) is 23.7 Å². The predicted octanol–water partition coefficient (Wildman–Crippen LogP) is 1.33. The Kier molecular flexibility index (Phi) is 4.38. The zero-order valence-electron chi connectivity index (χ0n) is 8.28. The number of rotatable bonds is 5. The van der Waals surface area contributed by atoms with Crippen LogP contribution in [0.5, 0.6) is 0 Å². The standard InChI is InChI=1S/C9H16ClN3O/c1-2-5-13-9(7(10)6-12-13)8(14)3-4-11/h6,8,14H,2-5,11H2,1H3. The molecule has 1 atom stereocenters. The molecule has 0 spiro atoms. The van der Waals surface area contributed by atoms with Crippen molar-refractivity contribution in [3.63, 3.8) is 0 Å². The molecule has 0 bridgehead atoms. The third kappa shape index (κ3) is 2.47. The Morgan fingerprint density at radius 2 is 2.43 bits per heavy atom. The Labute approximate surface area is 88.7 Å². The van der Waals surface area contributed by atoms with Gasteiger partial charge < -0.3 is 10.8 Å². The maximum absolute atomic E-state index is 9.77. The Balaban J connectivity index is 2.86. The van der Waals surface area contributed by atoms with Crippen LogP contribution in [0, 0.1) is 0 Å². The van der Waals surface area contributed by atoms with Crippen LogP contribution in [-0.4, -0.2) is 21.4 Å². The van der Waals surface area contributed by atoms with Gasteiger partial charge in [-0.25, -0.2) is 0 Å². The van der Waals surface area contributed by atoms with Crippen molar-refractivity contribution in [2.75, 3.05) is 6.54 Å². The first-order valence-corrected chi connectivity index (χ1v) is 5.17. The molecule has 0 saturated heterocycles. The maximum Gasteiger partial charge on any atom is 0.0983 e. The van der Waals surface area contributed by atoms with Gasteiger partial charge in [0.15, 0.2) is 0 Å². The molecule has 0 aromatic carbocycles. The Hall–Kier alpha value is -0.580. The van der Waals surface area contributed by atoms with Gasteiger partial charge in [-0.2, -0.15) is 5.10 Å². The van der Waals surface area contributed by atoms with E-state index in [1.54, 1.807) is 10.9 Å². The number of nitrogens with zero attached hydrogens (tertiary/aromatic N) is 2. The fourth-order valence-corrected chi connectivity index (χ4v) is 1.65. The van der Waals surface area contributed by atoms with Crippen molar-refractivity contribution in [2.45, 2.75) is 32.4 Å². The second-order valence-corrected chi connectivity index (χ2v) is 3.60. The van der Waals surface area contributed by atoms with Crippen molar-refractivity contribution in [2.24, 2.45) is 5.73 Å². The van der Waals surface area contributed by atoms with E-state index in [0.717, 1.165) is 13.0 Å². The number of aliphatic hydroxyl groups is 1. The first-order valence-electron chi connectivity index (χ1n) is 4.80. The number of aryl methyl sites for hydroxylation is 1. The minimum absolute atomic E-state index is 0.439. The van der Waals surface area contributed by atoms with Crippen LogP contribution < -0.4 is 5.73 Å². The van der Waals surface area contributed by atoms with E-state index in [2.05, 4.69) is 12.0 Å². The molecule has 0 radical (unpaired) electrons. The molecule has 0 fully saturated rings. The Bertz CT molecular complexity index is 288. The van der Waals surface area contributed by atoms with Crippen LogP contribution in [0.1, 0.15) is 31.6 Å². The van der Waals surface area contributed by atoms with E-state index >= 15 is 0 Å². The SMILES string of the molecule is CCCn1ncc(Cl)c1C(O)CCN. The van der Waals surface area contributed by atoms with E-state index in [1.807, 2.05) is 0 Å². The highest BCUT2D eigenvalue weighted by Gasteiger charge is 2.16. The van der Waals surface area contributed by atoms with Crippen molar-refractivity contribution in [1.82, 2.24) is 9.78 Å². The number of aromatic nitrogens is 2. The Morgan fingerprint density at radius 3 is 3.00 bits per heavy atom. The minimum Gasteiger partial charge on any atom is -0.387 e. The summed E-state index contributed by atoms with van der Waals surface area (Å²) in [5.74, 6) is 0. The average molecular weight is 218 g/mol. The average Bonchev–Trinajstić information content (AvgIpc) is 2.48. The number of halogens is 1. The van der Waals surface area contributed by atoms with Crippen LogP contribution in [0.4, 0.5) is 0 Å². The van der Waals surface area contributed by atoms with Crippen molar-refractivity contribution >= 4 is 11.6 Å². The minimum atomic E-state index is -0.610. The lowest BCUT2D eigenvalue weighted by Gasteiger charge is -2.12. The first kappa shape index (κ1) is 11.5. The molecule has 14 heavy (non-hydrogen) atoms. The topological polar surface area (TPSA) is 64.1 Å². The molecule has 4 nitrogen and oxygen atoms in total. The van der Waals surface area contributed by atoms with E-state index in [1.165, 1.54) is 0 Å². The van der Waals surface area contributed by atoms with Gasteiger partial charge in [0.05, 0.1) is 23.0 Å². The molecule has 0 aliphatic heterocycles. The van der Waals surface area contributed by atoms with E-state index in [9.17, 15) is 5.11 Å². The van der Waals surface area contributed by atoms with Crippen LogP contribution in [0.25, 0.3) is 0 Å². The molecular formula is C9H16ClN3O. The molecule has 5 heteroatoms. The predicted molar refractivity (Wildman–Crippen MR) is 56.2 cm³/mol. The largest absolute Gasteiger partial charge is 0.387 e. The number of aliphatic hydroxyl groups excluding tert-OH is 1. The number of nitrogens with two attached hydrogens (primary N) is 1. The molecule has 3 N–H and O–H groups in total. The molecular weight excluding hydrogens is 202 g/mol. The lowest BCUT2D eigenvalue weighted by Crippen LogP contribution is -2.13. The lowest BCUT2D eigenvalue weighted by molar-refractivity contribution is 0.159. The van der Waals surface area contributed by atoms with E-state index < -0.39 is 6.10 Å². The van der Waals surface area contributed by atoms with Gasteiger partial charge in [0.25, 0.3) is 0 Å². The quantitative estimate of drug-likeness (QED) is 0.782. The van der Waals surface area contributed by atoms with E-state index in [-0.39, 0.29) is 0 Å². The van der Waals surface area contributed by atoms with Crippen molar-refractivity contribution in [3.8, 4) is 0 Å². The maximum atomic E-state index is 9.77. The summed E-state index contributed by atoms with van der Waals surface area (Å²) >= 11 is 5.93. The summed E-state index contributed by atoms with van der Waals surface area (Å²) in [4.78, 5) is 0. The van der Waals surface area contributed by atoms with Gasteiger partial charge in [0.1, 0.15) is 0 Å². The molecule has 0 aliphatic rings. The third-order valence-corrected chi connectivity index (χ3v) is 2.32. The molecule has 1 aromatic heterocycles. The fraction of sp³-hybridized carbons (Fsp3) is 0.667. The smallest absolute Gasteiger partial charge is 0.0983 e. The summed E-state index contributed by atoms with van der Waals surface area (Å²) in [5, 5.41) is 14.4. The van der Waals surface area contributed by atoms with Crippen LogP contribution >= 0.6 is 11.6 Å². The van der Waals surface area contributed by atoms with Crippen LogP contribution in [0.3, 0.4) is 0 Å². The molecule has 1 heterocycles. The van der Waals surface area contributed by atoms with Gasteiger partial charge in [0, 0.05) is 6.54 Å². The molecule has 0 saturated carbocycles. The first-order chi connectivity index (χ1) is 6.70.